The van der Waals surface area contributed by atoms with E-state index < -0.39 is 0 Å². The van der Waals surface area contributed by atoms with E-state index in [1.54, 1.807) is 0 Å². The molecule has 1 heterocycles. The Balaban J connectivity index is 1.89. The van der Waals surface area contributed by atoms with Gasteiger partial charge < -0.3 is 10.1 Å². The zero-order chi connectivity index (χ0) is 13.2. The molecular formula is C16H33NO. The van der Waals surface area contributed by atoms with Crippen molar-refractivity contribution in [1.82, 2.24) is 5.32 Å². The lowest BCUT2D eigenvalue weighted by atomic mass is 9.92. The smallest absolute Gasteiger partial charge is 0.0468 e. The molecule has 1 aliphatic heterocycles. The first kappa shape index (κ1) is 16.0. The highest BCUT2D eigenvalue weighted by molar-refractivity contribution is 4.64. The maximum atomic E-state index is 5.40. The average molecular weight is 255 g/mol. The third-order valence-electron chi connectivity index (χ3n) is 4.09. The molecule has 2 nitrogen and oxygen atoms in total. The fraction of sp³-hybridized carbons (Fsp3) is 1.00. The third kappa shape index (κ3) is 8.10. The first-order chi connectivity index (χ1) is 8.68. The van der Waals surface area contributed by atoms with Crippen LogP contribution in [0, 0.1) is 11.8 Å². The Morgan fingerprint density at radius 1 is 1.06 bits per heavy atom. The molecule has 2 heteroatoms. The number of unbranched alkanes of at least 4 members (excludes halogenated alkanes) is 1. The monoisotopic (exact) mass is 255 g/mol. The SMILES string of the molecule is CC(CCCCC1CCOCC1)CCNC(C)C. The number of hydrogen-bond donors (Lipinski definition) is 1. The molecule has 0 saturated carbocycles. The highest BCUT2D eigenvalue weighted by atomic mass is 16.5. The van der Waals surface area contributed by atoms with Crippen LogP contribution in [0.3, 0.4) is 0 Å². The summed E-state index contributed by atoms with van der Waals surface area (Å²) < 4.78 is 5.40. The van der Waals surface area contributed by atoms with Gasteiger partial charge in [0.15, 0.2) is 0 Å². The van der Waals surface area contributed by atoms with Crippen LogP contribution in [0.15, 0.2) is 0 Å². The predicted octanol–water partition coefficient (Wildman–Crippen LogP) is 4.00. The van der Waals surface area contributed by atoms with Crippen molar-refractivity contribution in [3.05, 3.63) is 0 Å². The van der Waals surface area contributed by atoms with Crippen molar-refractivity contribution in [2.24, 2.45) is 11.8 Å². The lowest BCUT2D eigenvalue weighted by Crippen LogP contribution is -2.24. The van der Waals surface area contributed by atoms with Gasteiger partial charge in [-0.3, -0.25) is 0 Å². The van der Waals surface area contributed by atoms with E-state index in [4.69, 9.17) is 4.74 Å². The van der Waals surface area contributed by atoms with E-state index in [-0.39, 0.29) is 0 Å². The molecule has 108 valence electrons. The van der Waals surface area contributed by atoms with Crippen molar-refractivity contribution >= 4 is 0 Å². The first-order valence-corrected chi connectivity index (χ1v) is 7.99. The van der Waals surface area contributed by atoms with E-state index in [2.05, 4.69) is 26.1 Å². The molecular weight excluding hydrogens is 222 g/mol. The Morgan fingerprint density at radius 2 is 1.78 bits per heavy atom. The van der Waals surface area contributed by atoms with Crippen LogP contribution in [0.1, 0.15) is 65.7 Å². The van der Waals surface area contributed by atoms with Gasteiger partial charge in [-0.1, -0.05) is 46.5 Å². The molecule has 1 atom stereocenters. The van der Waals surface area contributed by atoms with Crippen LogP contribution < -0.4 is 5.32 Å². The fourth-order valence-corrected chi connectivity index (χ4v) is 2.72. The molecule has 1 fully saturated rings. The molecule has 18 heavy (non-hydrogen) atoms. The van der Waals surface area contributed by atoms with Gasteiger partial charge in [0.1, 0.15) is 0 Å². The van der Waals surface area contributed by atoms with Gasteiger partial charge in [-0.05, 0) is 37.6 Å². The minimum absolute atomic E-state index is 0.630. The first-order valence-electron chi connectivity index (χ1n) is 7.99. The summed E-state index contributed by atoms with van der Waals surface area (Å²) in [4.78, 5) is 0. The van der Waals surface area contributed by atoms with Gasteiger partial charge in [-0.25, -0.2) is 0 Å². The van der Waals surface area contributed by atoms with Crippen molar-refractivity contribution in [3.63, 3.8) is 0 Å². The predicted molar refractivity (Wildman–Crippen MR) is 78.9 cm³/mol. The molecule has 0 aromatic rings. The summed E-state index contributed by atoms with van der Waals surface area (Å²) in [6, 6.07) is 0.630. The summed E-state index contributed by atoms with van der Waals surface area (Å²) in [5, 5.41) is 3.50. The van der Waals surface area contributed by atoms with Crippen LogP contribution in [0.5, 0.6) is 0 Å². The van der Waals surface area contributed by atoms with E-state index in [0.717, 1.165) is 25.0 Å². The van der Waals surface area contributed by atoms with Gasteiger partial charge in [0.25, 0.3) is 0 Å². The van der Waals surface area contributed by atoms with Crippen LogP contribution in [-0.4, -0.2) is 25.8 Å². The molecule has 0 amide bonds. The molecule has 1 rings (SSSR count). The van der Waals surface area contributed by atoms with Gasteiger partial charge >= 0.3 is 0 Å². The normalized spacial score (nSPS) is 19.3. The Bertz CT molecular complexity index is 188. The number of ether oxygens (including phenoxy) is 1. The third-order valence-corrected chi connectivity index (χ3v) is 4.09. The number of hydrogen-bond acceptors (Lipinski definition) is 2. The van der Waals surface area contributed by atoms with Crippen LogP contribution in [0.4, 0.5) is 0 Å². The average Bonchev–Trinajstić information content (AvgIpc) is 2.35. The van der Waals surface area contributed by atoms with E-state index in [1.165, 1.54) is 51.5 Å². The van der Waals surface area contributed by atoms with Crippen molar-refractivity contribution < 1.29 is 4.74 Å². The summed E-state index contributed by atoms with van der Waals surface area (Å²) >= 11 is 0. The molecule has 0 spiro atoms. The lowest BCUT2D eigenvalue weighted by Gasteiger charge is -2.22. The molecule has 0 radical (unpaired) electrons. The summed E-state index contributed by atoms with van der Waals surface area (Å²) in [6.45, 7) is 10.0. The van der Waals surface area contributed by atoms with Crippen LogP contribution in [-0.2, 0) is 4.74 Å². The summed E-state index contributed by atoms with van der Waals surface area (Å²) in [7, 11) is 0. The summed E-state index contributed by atoms with van der Waals surface area (Å²) in [5.41, 5.74) is 0. The van der Waals surface area contributed by atoms with E-state index in [9.17, 15) is 0 Å². The van der Waals surface area contributed by atoms with Gasteiger partial charge in [0.05, 0.1) is 0 Å². The second-order valence-electron chi connectivity index (χ2n) is 6.34. The number of nitrogens with one attached hydrogen (secondary N) is 1. The Hall–Kier alpha value is -0.0800. The molecule has 1 N–H and O–H groups in total. The molecule has 0 aromatic carbocycles. The molecule has 0 bridgehead atoms. The lowest BCUT2D eigenvalue weighted by molar-refractivity contribution is 0.0630. The molecule has 1 unspecified atom stereocenters. The maximum Gasteiger partial charge on any atom is 0.0468 e. The Kier molecular flexibility index (Phi) is 8.70. The van der Waals surface area contributed by atoms with Crippen LogP contribution in [0.25, 0.3) is 0 Å². The molecule has 0 aromatic heterocycles. The van der Waals surface area contributed by atoms with Crippen LogP contribution >= 0.6 is 0 Å². The highest BCUT2D eigenvalue weighted by Gasteiger charge is 2.13. The quantitative estimate of drug-likeness (QED) is 0.629. The molecule has 1 saturated heterocycles. The van der Waals surface area contributed by atoms with Gasteiger partial charge in [-0.15, -0.1) is 0 Å². The van der Waals surface area contributed by atoms with Crippen LogP contribution in [0.2, 0.25) is 0 Å². The molecule has 1 aliphatic rings. The van der Waals surface area contributed by atoms with E-state index >= 15 is 0 Å². The van der Waals surface area contributed by atoms with E-state index in [1.807, 2.05) is 0 Å². The fourth-order valence-electron chi connectivity index (χ4n) is 2.72. The standard InChI is InChI=1S/C16H33NO/c1-14(2)17-11-8-15(3)6-4-5-7-16-9-12-18-13-10-16/h14-17H,4-13H2,1-3H3. The highest BCUT2D eigenvalue weighted by Crippen LogP contribution is 2.22. The van der Waals surface area contributed by atoms with Crippen molar-refractivity contribution in [1.29, 1.82) is 0 Å². The zero-order valence-electron chi connectivity index (χ0n) is 12.7. The van der Waals surface area contributed by atoms with Gasteiger partial charge in [-0.2, -0.15) is 0 Å². The topological polar surface area (TPSA) is 21.3 Å². The Labute approximate surface area is 114 Å². The largest absolute Gasteiger partial charge is 0.381 e. The van der Waals surface area contributed by atoms with Crippen molar-refractivity contribution in [3.8, 4) is 0 Å². The number of rotatable bonds is 9. The van der Waals surface area contributed by atoms with Crippen molar-refractivity contribution in [2.75, 3.05) is 19.8 Å². The molecule has 0 aliphatic carbocycles. The minimum atomic E-state index is 0.630. The minimum Gasteiger partial charge on any atom is -0.381 e. The van der Waals surface area contributed by atoms with E-state index in [0.29, 0.717) is 6.04 Å². The maximum absolute atomic E-state index is 5.40. The van der Waals surface area contributed by atoms with Gasteiger partial charge in [0, 0.05) is 19.3 Å². The Morgan fingerprint density at radius 3 is 2.44 bits per heavy atom. The van der Waals surface area contributed by atoms with Crippen molar-refractivity contribution in [2.45, 2.75) is 71.8 Å². The summed E-state index contributed by atoms with van der Waals surface area (Å²) in [5.74, 6) is 1.84. The second kappa shape index (κ2) is 9.80. The second-order valence-corrected chi connectivity index (χ2v) is 6.34. The zero-order valence-corrected chi connectivity index (χ0v) is 12.7. The van der Waals surface area contributed by atoms with Gasteiger partial charge in [0.2, 0.25) is 0 Å². The summed E-state index contributed by atoms with van der Waals surface area (Å²) in [6.07, 6.45) is 9.60.